The van der Waals surface area contributed by atoms with Crippen LogP contribution in [0.25, 0.3) is 0 Å². The molecule has 19 heavy (non-hydrogen) atoms. The number of para-hydroxylation sites is 1. The van der Waals surface area contributed by atoms with E-state index in [2.05, 4.69) is 41.0 Å². The molecule has 1 unspecified atom stereocenters. The minimum Gasteiger partial charge on any atom is -0.385 e. The average Bonchev–Trinajstić information content (AvgIpc) is 2.49. The molecule has 1 aliphatic heterocycles. The van der Waals surface area contributed by atoms with Gasteiger partial charge >= 0.3 is 0 Å². The Hall–Kier alpha value is -1.28. The van der Waals surface area contributed by atoms with E-state index in [0.717, 1.165) is 25.6 Å². The van der Waals surface area contributed by atoms with Crippen LogP contribution in [0.3, 0.4) is 0 Å². The molecule has 1 aromatic carbocycles. The first-order valence-electron chi connectivity index (χ1n) is 7.64. The fourth-order valence-corrected chi connectivity index (χ4v) is 3.18. The molecule has 0 spiro atoms. The number of aryl methyl sites for hydroxylation is 1. The second kappa shape index (κ2) is 6.25. The van der Waals surface area contributed by atoms with E-state index in [1.165, 1.54) is 48.9 Å². The van der Waals surface area contributed by atoms with Gasteiger partial charge in [-0.3, -0.25) is 0 Å². The molecule has 2 heteroatoms. The summed E-state index contributed by atoms with van der Waals surface area (Å²) >= 11 is 0. The maximum Gasteiger partial charge on any atom is 0.0418 e. The van der Waals surface area contributed by atoms with E-state index in [0.29, 0.717) is 0 Å². The molecule has 2 aliphatic rings. The van der Waals surface area contributed by atoms with Crippen LogP contribution >= 0.6 is 0 Å². The Morgan fingerprint density at radius 1 is 1.26 bits per heavy atom. The molecule has 0 saturated heterocycles. The summed E-state index contributed by atoms with van der Waals surface area (Å²) in [4.78, 5) is 0. The zero-order chi connectivity index (χ0) is 12.9. The van der Waals surface area contributed by atoms with Gasteiger partial charge in [0, 0.05) is 18.8 Å². The Bertz CT molecular complexity index is 451. The number of fused-ring (bicyclic) bond motifs is 1. The van der Waals surface area contributed by atoms with Crippen molar-refractivity contribution in [1.29, 1.82) is 0 Å². The Kier molecular flexibility index (Phi) is 4.19. The smallest absolute Gasteiger partial charge is 0.0418 e. The Morgan fingerprint density at radius 3 is 3.16 bits per heavy atom. The Labute approximate surface area is 116 Å². The van der Waals surface area contributed by atoms with Gasteiger partial charge in [0.15, 0.2) is 0 Å². The van der Waals surface area contributed by atoms with Crippen molar-refractivity contribution in [3.63, 3.8) is 0 Å². The van der Waals surface area contributed by atoms with E-state index in [9.17, 15) is 0 Å². The number of hydrogen-bond donors (Lipinski definition) is 2. The molecule has 0 bridgehead atoms. The summed E-state index contributed by atoms with van der Waals surface area (Å²) in [5.41, 5.74) is 4.32. The molecule has 102 valence electrons. The first-order valence-corrected chi connectivity index (χ1v) is 7.64. The van der Waals surface area contributed by atoms with Crippen LogP contribution in [0.15, 0.2) is 30.4 Å². The highest BCUT2D eigenvalue weighted by atomic mass is 14.9. The van der Waals surface area contributed by atoms with Crippen LogP contribution in [0.1, 0.15) is 36.8 Å². The van der Waals surface area contributed by atoms with Crippen molar-refractivity contribution in [3.05, 3.63) is 41.5 Å². The normalized spacial score (nSPS) is 21.8. The molecule has 0 aromatic heterocycles. The molecular formula is C17H24N2. The number of nitrogens with one attached hydrogen (secondary N) is 2. The molecule has 2 nitrogen and oxygen atoms in total. The maximum atomic E-state index is 3.65. The van der Waals surface area contributed by atoms with Crippen LogP contribution in [-0.2, 0) is 13.0 Å². The van der Waals surface area contributed by atoms with Crippen molar-refractivity contribution < 1.29 is 0 Å². The number of hydrogen-bond acceptors (Lipinski definition) is 2. The monoisotopic (exact) mass is 256 g/mol. The van der Waals surface area contributed by atoms with Gasteiger partial charge in [-0.25, -0.2) is 0 Å². The van der Waals surface area contributed by atoms with Gasteiger partial charge in [0.05, 0.1) is 0 Å². The highest BCUT2D eigenvalue weighted by Crippen LogP contribution is 2.26. The lowest BCUT2D eigenvalue weighted by Gasteiger charge is -2.22. The van der Waals surface area contributed by atoms with Crippen molar-refractivity contribution in [1.82, 2.24) is 5.32 Å². The quantitative estimate of drug-likeness (QED) is 0.806. The first-order chi connectivity index (χ1) is 9.43. The molecule has 2 N–H and O–H groups in total. The summed E-state index contributed by atoms with van der Waals surface area (Å²) in [6.45, 7) is 3.27. The van der Waals surface area contributed by atoms with E-state index in [4.69, 9.17) is 0 Å². The van der Waals surface area contributed by atoms with Gasteiger partial charge < -0.3 is 10.6 Å². The van der Waals surface area contributed by atoms with Gasteiger partial charge in [-0.1, -0.05) is 30.4 Å². The first kappa shape index (κ1) is 12.7. The standard InChI is InChI=1S/C17H24N2/c1-2-6-14(7-3-1)12-18-13-16-9-4-8-15-10-5-11-19-17(15)16/h1-2,4,8-9,14,18-19H,3,5-7,10-13H2. The van der Waals surface area contributed by atoms with E-state index in [1.807, 2.05) is 0 Å². The zero-order valence-electron chi connectivity index (χ0n) is 11.6. The number of benzene rings is 1. The molecule has 1 aromatic rings. The summed E-state index contributed by atoms with van der Waals surface area (Å²) < 4.78 is 0. The Morgan fingerprint density at radius 2 is 2.26 bits per heavy atom. The topological polar surface area (TPSA) is 24.1 Å². The summed E-state index contributed by atoms with van der Waals surface area (Å²) in [5.74, 6) is 0.831. The largest absolute Gasteiger partial charge is 0.385 e. The highest BCUT2D eigenvalue weighted by molar-refractivity contribution is 5.59. The highest BCUT2D eigenvalue weighted by Gasteiger charge is 2.13. The van der Waals surface area contributed by atoms with Gasteiger partial charge in [0.1, 0.15) is 0 Å². The van der Waals surface area contributed by atoms with Crippen molar-refractivity contribution >= 4 is 5.69 Å². The van der Waals surface area contributed by atoms with Crippen LogP contribution in [-0.4, -0.2) is 13.1 Å². The second-order valence-corrected chi connectivity index (χ2v) is 5.76. The van der Waals surface area contributed by atoms with Crippen LogP contribution < -0.4 is 10.6 Å². The summed E-state index contributed by atoms with van der Waals surface area (Å²) in [7, 11) is 0. The minimum absolute atomic E-state index is 0.831. The Balaban J connectivity index is 1.56. The van der Waals surface area contributed by atoms with E-state index < -0.39 is 0 Å². The van der Waals surface area contributed by atoms with E-state index in [-0.39, 0.29) is 0 Å². The number of anilines is 1. The third-order valence-corrected chi connectivity index (χ3v) is 4.29. The predicted octanol–water partition coefficient (Wildman–Crippen LogP) is 3.49. The molecule has 0 fully saturated rings. The second-order valence-electron chi connectivity index (χ2n) is 5.76. The van der Waals surface area contributed by atoms with Crippen LogP contribution in [0, 0.1) is 5.92 Å². The lowest BCUT2D eigenvalue weighted by atomic mass is 9.94. The van der Waals surface area contributed by atoms with E-state index >= 15 is 0 Å². The SMILES string of the molecule is C1=CCC(CNCc2cccc3c2NCCC3)CC1. The molecule has 0 saturated carbocycles. The van der Waals surface area contributed by atoms with Crippen molar-refractivity contribution in [2.24, 2.45) is 5.92 Å². The van der Waals surface area contributed by atoms with Crippen molar-refractivity contribution in [2.45, 2.75) is 38.6 Å². The molecular weight excluding hydrogens is 232 g/mol. The maximum absolute atomic E-state index is 3.65. The van der Waals surface area contributed by atoms with E-state index in [1.54, 1.807) is 0 Å². The fraction of sp³-hybridized carbons (Fsp3) is 0.529. The molecule has 1 aliphatic carbocycles. The number of allylic oxidation sites excluding steroid dienone is 2. The van der Waals surface area contributed by atoms with Crippen LogP contribution in [0.5, 0.6) is 0 Å². The molecule has 1 heterocycles. The molecule has 0 amide bonds. The third kappa shape index (κ3) is 3.19. The van der Waals surface area contributed by atoms with Gasteiger partial charge in [0.25, 0.3) is 0 Å². The molecule has 3 rings (SSSR count). The summed E-state index contributed by atoms with van der Waals surface area (Å²) in [5, 5.41) is 7.22. The fourth-order valence-electron chi connectivity index (χ4n) is 3.18. The lowest BCUT2D eigenvalue weighted by molar-refractivity contribution is 0.440. The summed E-state index contributed by atoms with van der Waals surface area (Å²) in [6, 6.07) is 6.72. The molecule has 1 atom stereocenters. The summed E-state index contributed by atoms with van der Waals surface area (Å²) in [6.07, 6.45) is 11.0. The molecule has 0 radical (unpaired) electrons. The van der Waals surface area contributed by atoms with Crippen molar-refractivity contribution in [3.8, 4) is 0 Å². The minimum atomic E-state index is 0.831. The number of rotatable bonds is 4. The van der Waals surface area contributed by atoms with Gasteiger partial charge in [0.2, 0.25) is 0 Å². The zero-order valence-corrected chi connectivity index (χ0v) is 11.6. The predicted molar refractivity (Wildman–Crippen MR) is 81.4 cm³/mol. The van der Waals surface area contributed by atoms with Crippen molar-refractivity contribution in [2.75, 3.05) is 18.4 Å². The average molecular weight is 256 g/mol. The van der Waals surface area contributed by atoms with Crippen LogP contribution in [0.2, 0.25) is 0 Å². The van der Waals surface area contributed by atoms with Gasteiger partial charge in [-0.2, -0.15) is 0 Å². The third-order valence-electron chi connectivity index (χ3n) is 4.29. The van der Waals surface area contributed by atoms with Gasteiger partial charge in [-0.15, -0.1) is 0 Å². The van der Waals surface area contributed by atoms with Crippen LogP contribution in [0.4, 0.5) is 5.69 Å². The lowest BCUT2D eigenvalue weighted by Crippen LogP contribution is -2.24. The van der Waals surface area contributed by atoms with Gasteiger partial charge in [-0.05, 0) is 55.7 Å².